The lowest BCUT2D eigenvalue weighted by molar-refractivity contribution is 0.0525. The number of aromatic nitrogens is 2. The predicted molar refractivity (Wildman–Crippen MR) is 72.0 cm³/mol. The summed E-state index contributed by atoms with van der Waals surface area (Å²) in [6.45, 7) is 3.94. The first-order valence-corrected chi connectivity index (χ1v) is 6.40. The molecule has 94 valence electrons. The van der Waals surface area contributed by atoms with Gasteiger partial charge in [0.2, 0.25) is 0 Å². The summed E-state index contributed by atoms with van der Waals surface area (Å²) in [5.74, 6) is -0.335. The maximum absolute atomic E-state index is 11.7. The van der Waals surface area contributed by atoms with E-state index in [1.165, 1.54) is 0 Å². The molecule has 4 nitrogen and oxygen atoms in total. The number of carbonyl (C=O) groups excluding carboxylic acids is 1. The quantitative estimate of drug-likeness (QED) is 0.818. The molecule has 5 heteroatoms. The molecule has 0 aliphatic heterocycles. The molecule has 1 aromatic carbocycles. The van der Waals surface area contributed by atoms with E-state index in [-0.39, 0.29) is 5.97 Å². The third kappa shape index (κ3) is 2.61. The predicted octanol–water partition coefficient (Wildman–Crippen LogP) is 3.12. The van der Waals surface area contributed by atoms with E-state index in [1.54, 1.807) is 24.7 Å². The fraction of sp³-hybridized carbons (Fsp3) is 0.231. The van der Waals surface area contributed by atoms with Crippen molar-refractivity contribution >= 4 is 21.9 Å². The van der Waals surface area contributed by atoms with Crippen LogP contribution in [0.3, 0.4) is 0 Å². The monoisotopic (exact) mass is 308 g/mol. The zero-order valence-corrected chi connectivity index (χ0v) is 11.8. The van der Waals surface area contributed by atoms with Crippen molar-refractivity contribution < 1.29 is 9.53 Å². The van der Waals surface area contributed by atoms with Crippen molar-refractivity contribution in [1.29, 1.82) is 0 Å². The van der Waals surface area contributed by atoms with Gasteiger partial charge in [-0.05, 0) is 38.1 Å². The van der Waals surface area contributed by atoms with E-state index in [0.717, 1.165) is 10.2 Å². The molecule has 0 atom stereocenters. The second kappa shape index (κ2) is 5.35. The molecule has 0 bridgehead atoms. The highest BCUT2D eigenvalue weighted by molar-refractivity contribution is 9.10. The fourth-order valence-corrected chi connectivity index (χ4v) is 1.86. The standard InChI is InChI=1S/C13H13BrN2O2/c1-3-18-13(17)12-8-16(15-9(12)2)11-6-4-10(14)5-7-11/h4-8H,3H2,1-2H3. The number of ether oxygens (including phenoxy) is 1. The molecule has 2 aromatic rings. The summed E-state index contributed by atoms with van der Waals surface area (Å²) in [7, 11) is 0. The van der Waals surface area contributed by atoms with Crippen LogP contribution in [-0.2, 0) is 4.74 Å². The molecule has 0 saturated heterocycles. The molecule has 0 N–H and O–H groups in total. The average Bonchev–Trinajstić information content (AvgIpc) is 2.72. The van der Waals surface area contributed by atoms with Crippen molar-refractivity contribution in [1.82, 2.24) is 9.78 Å². The third-order valence-electron chi connectivity index (χ3n) is 2.49. The molecular weight excluding hydrogens is 296 g/mol. The number of hydrogen-bond donors (Lipinski definition) is 0. The Kier molecular flexibility index (Phi) is 3.81. The maximum atomic E-state index is 11.7. The minimum atomic E-state index is -0.335. The number of halogens is 1. The van der Waals surface area contributed by atoms with Crippen molar-refractivity contribution in [3.05, 3.63) is 46.2 Å². The van der Waals surface area contributed by atoms with Crippen LogP contribution in [0.25, 0.3) is 5.69 Å². The van der Waals surface area contributed by atoms with Crippen molar-refractivity contribution in [3.63, 3.8) is 0 Å². The number of hydrogen-bond acceptors (Lipinski definition) is 3. The van der Waals surface area contributed by atoms with Gasteiger partial charge >= 0.3 is 5.97 Å². The highest BCUT2D eigenvalue weighted by Gasteiger charge is 2.14. The van der Waals surface area contributed by atoms with Crippen molar-refractivity contribution in [2.75, 3.05) is 6.61 Å². The molecule has 0 saturated carbocycles. The summed E-state index contributed by atoms with van der Waals surface area (Å²) >= 11 is 3.38. The van der Waals surface area contributed by atoms with Gasteiger partial charge in [0.15, 0.2) is 0 Å². The van der Waals surface area contributed by atoms with Crippen molar-refractivity contribution in [2.24, 2.45) is 0 Å². The maximum Gasteiger partial charge on any atom is 0.341 e. The van der Waals surface area contributed by atoms with Crippen LogP contribution >= 0.6 is 15.9 Å². The SMILES string of the molecule is CCOC(=O)c1cn(-c2ccc(Br)cc2)nc1C. The minimum Gasteiger partial charge on any atom is -0.462 e. The molecule has 0 spiro atoms. The number of rotatable bonds is 3. The van der Waals surface area contributed by atoms with Gasteiger partial charge in [-0.2, -0.15) is 5.10 Å². The Morgan fingerprint density at radius 1 is 1.39 bits per heavy atom. The summed E-state index contributed by atoms with van der Waals surface area (Å²) in [6, 6.07) is 7.70. The molecule has 0 amide bonds. The van der Waals surface area contributed by atoms with E-state index in [4.69, 9.17) is 4.74 Å². The Morgan fingerprint density at radius 3 is 2.67 bits per heavy atom. The van der Waals surface area contributed by atoms with Gasteiger partial charge < -0.3 is 4.74 Å². The van der Waals surface area contributed by atoms with Crippen LogP contribution in [0.2, 0.25) is 0 Å². The van der Waals surface area contributed by atoms with Crippen molar-refractivity contribution in [2.45, 2.75) is 13.8 Å². The molecule has 2 rings (SSSR count). The lowest BCUT2D eigenvalue weighted by Gasteiger charge is -2.00. The summed E-state index contributed by atoms with van der Waals surface area (Å²) in [5.41, 5.74) is 2.06. The van der Waals surface area contributed by atoms with Gasteiger partial charge in [0.05, 0.1) is 18.0 Å². The number of nitrogens with zero attached hydrogens (tertiary/aromatic N) is 2. The lowest BCUT2D eigenvalue weighted by Crippen LogP contribution is -2.04. The fourth-order valence-electron chi connectivity index (χ4n) is 1.60. The first-order chi connectivity index (χ1) is 8.61. The Morgan fingerprint density at radius 2 is 2.06 bits per heavy atom. The average molecular weight is 309 g/mol. The Hall–Kier alpha value is -1.62. The Labute approximate surface area is 114 Å². The number of carbonyl (C=O) groups is 1. The molecule has 0 radical (unpaired) electrons. The number of aryl methyl sites for hydroxylation is 1. The first kappa shape index (κ1) is 12.8. The van der Waals surface area contributed by atoms with Crippen LogP contribution in [0.5, 0.6) is 0 Å². The van der Waals surface area contributed by atoms with E-state index in [0.29, 0.717) is 17.9 Å². The molecule has 0 fully saturated rings. The zero-order chi connectivity index (χ0) is 13.1. The van der Waals surface area contributed by atoms with Gasteiger partial charge in [0, 0.05) is 10.7 Å². The van der Waals surface area contributed by atoms with Crippen LogP contribution in [0.15, 0.2) is 34.9 Å². The minimum absolute atomic E-state index is 0.335. The van der Waals surface area contributed by atoms with Gasteiger partial charge in [-0.3, -0.25) is 0 Å². The third-order valence-corrected chi connectivity index (χ3v) is 3.01. The van der Waals surface area contributed by atoms with Gasteiger partial charge in [-0.1, -0.05) is 15.9 Å². The second-order valence-corrected chi connectivity index (χ2v) is 4.69. The number of esters is 1. The summed E-state index contributed by atoms with van der Waals surface area (Å²) in [5, 5.41) is 4.31. The Bertz CT molecular complexity index is 561. The van der Waals surface area contributed by atoms with E-state index >= 15 is 0 Å². The molecular formula is C13H13BrN2O2. The molecule has 0 unspecified atom stereocenters. The first-order valence-electron chi connectivity index (χ1n) is 5.61. The number of benzene rings is 1. The van der Waals surface area contributed by atoms with Gasteiger partial charge in [-0.15, -0.1) is 0 Å². The van der Waals surface area contributed by atoms with Crippen LogP contribution in [-0.4, -0.2) is 22.4 Å². The zero-order valence-electron chi connectivity index (χ0n) is 10.2. The van der Waals surface area contributed by atoms with Crippen molar-refractivity contribution in [3.8, 4) is 5.69 Å². The smallest absolute Gasteiger partial charge is 0.341 e. The highest BCUT2D eigenvalue weighted by Crippen LogP contribution is 2.16. The molecule has 18 heavy (non-hydrogen) atoms. The lowest BCUT2D eigenvalue weighted by atomic mass is 10.3. The van der Waals surface area contributed by atoms with Crippen LogP contribution in [0.4, 0.5) is 0 Å². The normalized spacial score (nSPS) is 10.4. The van der Waals surface area contributed by atoms with E-state index in [1.807, 2.05) is 24.3 Å². The van der Waals surface area contributed by atoms with Crippen LogP contribution < -0.4 is 0 Å². The van der Waals surface area contributed by atoms with Gasteiger partial charge in [0.25, 0.3) is 0 Å². The Balaban J connectivity index is 2.34. The van der Waals surface area contributed by atoms with E-state index < -0.39 is 0 Å². The second-order valence-electron chi connectivity index (χ2n) is 3.77. The highest BCUT2D eigenvalue weighted by atomic mass is 79.9. The summed E-state index contributed by atoms with van der Waals surface area (Å²) < 4.78 is 7.65. The molecule has 0 aliphatic rings. The van der Waals surface area contributed by atoms with Gasteiger partial charge in [-0.25, -0.2) is 9.48 Å². The largest absolute Gasteiger partial charge is 0.462 e. The van der Waals surface area contributed by atoms with Gasteiger partial charge in [0.1, 0.15) is 5.56 Å². The summed E-state index contributed by atoms with van der Waals surface area (Å²) in [6.07, 6.45) is 1.69. The van der Waals surface area contributed by atoms with E-state index in [2.05, 4.69) is 21.0 Å². The van der Waals surface area contributed by atoms with Crippen LogP contribution in [0, 0.1) is 6.92 Å². The van der Waals surface area contributed by atoms with E-state index in [9.17, 15) is 4.79 Å². The summed E-state index contributed by atoms with van der Waals surface area (Å²) in [4.78, 5) is 11.7. The topological polar surface area (TPSA) is 44.1 Å². The molecule has 1 aromatic heterocycles. The molecule has 0 aliphatic carbocycles. The molecule has 1 heterocycles. The van der Waals surface area contributed by atoms with Crippen LogP contribution in [0.1, 0.15) is 23.0 Å².